The Morgan fingerprint density at radius 1 is 1.24 bits per heavy atom. The average Bonchev–Trinajstić information content (AvgIpc) is 3.03. The summed E-state index contributed by atoms with van der Waals surface area (Å²) in [5.74, 6) is 0.233. The van der Waals surface area contributed by atoms with Gasteiger partial charge in [0.25, 0.3) is 5.91 Å². The molecule has 2 aliphatic rings. The molecular formula is C16H22N2O3. The molecule has 0 spiro atoms. The number of likely N-dealkylation sites (tertiary alicyclic amines) is 1. The maximum absolute atomic E-state index is 12.6. The SMILES string of the molecule is O=C(c1cc(O)ccc1O)N1CCCC(C2CCCN2)C1. The van der Waals surface area contributed by atoms with Gasteiger partial charge < -0.3 is 20.4 Å². The van der Waals surface area contributed by atoms with Gasteiger partial charge in [-0.25, -0.2) is 0 Å². The number of carbonyl (C=O) groups is 1. The zero-order valence-electron chi connectivity index (χ0n) is 12.1. The van der Waals surface area contributed by atoms with Crippen LogP contribution in [-0.2, 0) is 0 Å². The van der Waals surface area contributed by atoms with E-state index in [2.05, 4.69) is 5.32 Å². The number of rotatable bonds is 2. The number of phenolic OH excluding ortho intramolecular Hbond substituents is 2. The number of amides is 1. The number of hydrogen-bond donors (Lipinski definition) is 3. The maximum Gasteiger partial charge on any atom is 0.257 e. The van der Waals surface area contributed by atoms with E-state index in [1.165, 1.54) is 31.0 Å². The summed E-state index contributed by atoms with van der Waals surface area (Å²) in [7, 11) is 0. The number of benzene rings is 1. The van der Waals surface area contributed by atoms with Crippen LogP contribution in [0.5, 0.6) is 11.5 Å². The number of phenols is 2. The van der Waals surface area contributed by atoms with E-state index in [-0.39, 0.29) is 23.0 Å². The molecule has 2 unspecified atom stereocenters. The molecule has 1 amide bonds. The number of carbonyl (C=O) groups excluding carboxylic acids is 1. The third-order valence-corrected chi connectivity index (χ3v) is 4.62. The molecule has 0 radical (unpaired) electrons. The third kappa shape index (κ3) is 2.97. The van der Waals surface area contributed by atoms with Gasteiger partial charge in [0.2, 0.25) is 0 Å². The molecule has 1 aromatic rings. The van der Waals surface area contributed by atoms with Crippen LogP contribution in [0.4, 0.5) is 0 Å². The summed E-state index contributed by atoms with van der Waals surface area (Å²) in [5.41, 5.74) is 0.190. The van der Waals surface area contributed by atoms with Crippen LogP contribution in [0.15, 0.2) is 18.2 Å². The van der Waals surface area contributed by atoms with E-state index in [1.54, 1.807) is 0 Å². The van der Waals surface area contributed by atoms with Crippen molar-refractivity contribution in [2.45, 2.75) is 31.7 Å². The fraction of sp³-hybridized carbons (Fsp3) is 0.562. The lowest BCUT2D eigenvalue weighted by Gasteiger charge is -2.36. The van der Waals surface area contributed by atoms with Gasteiger partial charge in [-0.15, -0.1) is 0 Å². The first-order chi connectivity index (χ1) is 10.1. The van der Waals surface area contributed by atoms with Gasteiger partial charge in [0.05, 0.1) is 5.56 Å². The summed E-state index contributed by atoms with van der Waals surface area (Å²) >= 11 is 0. The van der Waals surface area contributed by atoms with E-state index in [0.29, 0.717) is 12.0 Å². The van der Waals surface area contributed by atoms with Gasteiger partial charge in [0, 0.05) is 19.1 Å². The van der Waals surface area contributed by atoms with E-state index in [0.717, 1.165) is 32.5 Å². The first-order valence-electron chi connectivity index (χ1n) is 7.70. The topological polar surface area (TPSA) is 72.8 Å². The Balaban J connectivity index is 1.73. The van der Waals surface area contributed by atoms with E-state index in [4.69, 9.17) is 0 Å². The number of hydrogen-bond acceptors (Lipinski definition) is 4. The molecule has 2 atom stereocenters. The fourth-order valence-electron chi connectivity index (χ4n) is 3.50. The van der Waals surface area contributed by atoms with Crippen molar-refractivity contribution in [3.63, 3.8) is 0 Å². The highest BCUT2D eigenvalue weighted by Gasteiger charge is 2.31. The van der Waals surface area contributed by atoms with Gasteiger partial charge >= 0.3 is 0 Å². The molecule has 0 aromatic heterocycles. The molecule has 5 heteroatoms. The summed E-state index contributed by atoms with van der Waals surface area (Å²) in [4.78, 5) is 14.4. The van der Waals surface area contributed by atoms with Crippen molar-refractivity contribution >= 4 is 5.91 Å². The lowest BCUT2D eigenvalue weighted by molar-refractivity contribution is 0.0647. The summed E-state index contributed by atoms with van der Waals surface area (Å²) < 4.78 is 0. The van der Waals surface area contributed by atoms with E-state index in [9.17, 15) is 15.0 Å². The second-order valence-corrected chi connectivity index (χ2v) is 6.06. The highest BCUT2D eigenvalue weighted by Crippen LogP contribution is 2.28. The molecule has 114 valence electrons. The number of piperidine rings is 1. The predicted molar refractivity (Wildman–Crippen MR) is 79.4 cm³/mol. The van der Waals surface area contributed by atoms with Crippen molar-refractivity contribution in [3.8, 4) is 11.5 Å². The number of nitrogens with one attached hydrogen (secondary N) is 1. The molecule has 3 rings (SSSR count). The molecule has 0 bridgehead atoms. The predicted octanol–water partition coefficient (Wildman–Crippen LogP) is 1.70. The highest BCUT2D eigenvalue weighted by atomic mass is 16.3. The molecule has 0 aliphatic carbocycles. The summed E-state index contributed by atoms with van der Waals surface area (Å²) in [6.07, 6.45) is 4.54. The molecule has 2 fully saturated rings. The lowest BCUT2D eigenvalue weighted by Crippen LogP contribution is -2.45. The van der Waals surface area contributed by atoms with E-state index >= 15 is 0 Å². The van der Waals surface area contributed by atoms with Gasteiger partial charge in [-0.3, -0.25) is 4.79 Å². The minimum absolute atomic E-state index is 0.00201. The summed E-state index contributed by atoms with van der Waals surface area (Å²) in [6.45, 7) is 2.52. The maximum atomic E-state index is 12.6. The van der Waals surface area contributed by atoms with Crippen molar-refractivity contribution < 1.29 is 15.0 Å². The van der Waals surface area contributed by atoms with Crippen LogP contribution in [0.25, 0.3) is 0 Å². The van der Waals surface area contributed by atoms with Crippen LogP contribution in [0, 0.1) is 5.92 Å². The van der Waals surface area contributed by atoms with Crippen LogP contribution in [-0.4, -0.2) is 46.7 Å². The highest BCUT2D eigenvalue weighted by molar-refractivity contribution is 5.97. The van der Waals surface area contributed by atoms with Crippen molar-refractivity contribution in [1.82, 2.24) is 10.2 Å². The van der Waals surface area contributed by atoms with Gasteiger partial charge in [-0.05, 0) is 56.3 Å². The van der Waals surface area contributed by atoms with Gasteiger partial charge in [0.1, 0.15) is 11.5 Å². The molecule has 5 nitrogen and oxygen atoms in total. The van der Waals surface area contributed by atoms with Gasteiger partial charge in [-0.1, -0.05) is 0 Å². The Morgan fingerprint density at radius 3 is 2.86 bits per heavy atom. The second-order valence-electron chi connectivity index (χ2n) is 6.06. The third-order valence-electron chi connectivity index (χ3n) is 4.62. The first-order valence-corrected chi connectivity index (χ1v) is 7.70. The Kier molecular flexibility index (Phi) is 4.01. The Morgan fingerprint density at radius 2 is 2.10 bits per heavy atom. The van der Waals surface area contributed by atoms with Crippen LogP contribution in [0.3, 0.4) is 0 Å². The molecule has 2 aliphatic heterocycles. The first kappa shape index (κ1) is 14.2. The van der Waals surface area contributed by atoms with Crippen LogP contribution < -0.4 is 5.32 Å². The minimum Gasteiger partial charge on any atom is -0.508 e. The normalized spacial score (nSPS) is 26.0. The van der Waals surface area contributed by atoms with E-state index in [1.807, 2.05) is 4.90 Å². The molecular weight excluding hydrogens is 268 g/mol. The quantitative estimate of drug-likeness (QED) is 0.725. The summed E-state index contributed by atoms with van der Waals surface area (Å²) in [5, 5.41) is 22.9. The lowest BCUT2D eigenvalue weighted by atomic mass is 9.89. The smallest absolute Gasteiger partial charge is 0.257 e. The Labute approximate surface area is 124 Å². The standard InChI is InChI=1S/C16H22N2O3/c19-12-5-6-15(20)13(9-12)16(21)18-8-2-3-11(10-18)14-4-1-7-17-14/h5-6,9,11,14,17,19-20H,1-4,7-8,10H2. The van der Waals surface area contributed by atoms with Crippen LogP contribution in [0.2, 0.25) is 0 Å². The number of nitrogens with zero attached hydrogens (tertiary/aromatic N) is 1. The van der Waals surface area contributed by atoms with Crippen LogP contribution in [0.1, 0.15) is 36.0 Å². The molecule has 2 saturated heterocycles. The van der Waals surface area contributed by atoms with Crippen molar-refractivity contribution in [2.24, 2.45) is 5.92 Å². The second kappa shape index (κ2) is 5.93. The molecule has 1 aromatic carbocycles. The van der Waals surface area contributed by atoms with Crippen molar-refractivity contribution in [3.05, 3.63) is 23.8 Å². The molecule has 2 heterocycles. The largest absolute Gasteiger partial charge is 0.508 e. The van der Waals surface area contributed by atoms with Crippen molar-refractivity contribution in [1.29, 1.82) is 0 Å². The van der Waals surface area contributed by atoms with E-state index < -0.39 is 0 Å². The monoisotopic (exact) mass is 290 g/mol. The van der Waals surface area contributed by atoms with Gasteiger partial charge in [0.15, 0.2) is 0 Å². The molecule has 3 N–H and O–H groups in total. The Bertz CT molecular complexity index is 526. The zero-order chi connectivity index (χ0) is 14.8. The summed E-state index contributed by atoms with van der Waals surface area (Å²) in [6, 6.07) is 4.60. The van der Waals surface area contributed by atoms with Crippen LogP contribution >= 0.6 is 0 Å². The molecule has 0 saturated carbocycles. The zero-order valence-corrected chi connectivity index (χ0v) is 12.1. The van der Waals surface area contributed by atoms with Crippen molar-refractivity contribution in [2.75, 3.05) is 19.6 Å². The average molecular weight is 290 g/mol. The number of aromatic hydroxyl groups is 2. The Hall–Kier alpha value is -1.75. The fourth-order valence-corrected chi connectivity index (χ4v) is 3.50. The van der Waals surface area contributed by atoms with Gasteiger partial charge in [-0.2, -0.15) is 0 Å². The minimum atomic E-state index is -0.189. The molecule has 21 heavy (non-hydrogen) atoms.